The molecule has 0 saturated carbocycles. The van der Waals surface area contributed by atoms with Gasteiger partial charge in [0.1, 0.15) is 0 Å². The zero-order valence-corrected chi connectivity index (χ0v) is 20.5. The van der Waals surface area contributed by atoms with E-state index in [9.17, 15) is 9.90 Å². The second kappa shape index (κ2) is 31.6. The molecule has 7 nitrogen and oxygen atoms in total. The van der Waals surface area contributed by atoms with Gasteiger partial charge in [0.05, 0.1) is 5.97 Å². The first-order valence-corrected chi connectivity index (χ1v) is 3.43. The molecule has 0 aliphatic rings. The van der Waals surface area contributed by atoms with Crippen LogP contribution < -0.4 is 175 Å². The van der Waals surface area contributed by atoms with Gasteiger partial charge < -0.3 is 35.0 Å². The monoisotopic (exact) mass is 323 g/mol. The molecular formula is C7H12K3NO6. The largest absolute Gasteiger partial charge is 1.00 e. The number of rotatable bonds is 2. The van der Waals surface area contributed by atoms with E-state index in [4.69, 9.17) is 19.8 Å². The fraction of sp³-hybridized carbons (Fsp3) is 0.571. The van der Waals surface area contributed by atoms with Crippen molar-refractivity contribution in [1.29, 1.82) is 0 Å². The van der Waals surface area contributed by atoms with Crippen LogP contribution in [0, 0.1) is 0 Å². The number of carbonyl (C=O) groups is 3. The van der Waals surface area contributed by atoms with Gasteiger partial charge in [0.2, 0.25) is 0 Å². The molecular weight excluding hydrogens is 311 g/mol. The van der Waals surface area contributed by atoms with Gasteiger partial charge in [0.15, 0.2) is 0 Å². The van der Waals surface area contributed by atoms with Crippen molar-refractivity contribution in [3.63, 3.8) is 0 Å². The summed E-state index contributed by atoms with van der Waals surface area (Å²) in [6.07, 6.45) is 0. The van der Waals surface area contributed by atoms with Gasteiger partial charge in [-0.3, -0.25) is 0 Å². The van der Waals surface area contributed by atoms with E-state index in [0.29, 0.717) is 0 Å². The van der Waals surface area contributed by atoms with Crippen LogP contribution in [0.15, 0.2) is 0 Å². The number of hydrogen-bond acceptors (Lipinski definition) is 7. The predicted octanol–water partition coefficient (Wildman–Crippen LogP) is -13.5. The Morgan fingerprint density at radius 1 is 0.882 bits per heavy atom. The van der Waals surface area contributed by atoms with Gasteiger partial charge >= 0.3 is 154 Å². The Kier molecular flexibility index (Phi) is 68.7. The molecule has 0 bridgehead atoms. The smallest absolute Gasteiger partial charge is 0.550 e. The fourth-order valence-corrected chi connectivity index (χ4v) is 0.144. The Balaban J connectivity index is -0.0000000252. The summed E-state index contributed by atoms with van der Waals surface area (Å²) in [7, 11) is 1.55. The van der Waals surface area contributed by atoms with Gasteiger partial charge in [0, 0.05) is 18.5 Å². The normalized spacial score (nSPS) is 5.82. The third kappa shape index (κ3) is 146. The first-order chi connectivity index (χ1) is 6.23. The first-order valence-electron chi connectivity index (χ1n) is 3.43. The van der Waals surface area contributed by atoms with Gasteiger partial charge in [-0.15, -0.1) is 0 Å². The van der Waals surface area contributed by atoms with Crippen molar-refractivity contribution < 1.29 is 184 Å². The molecule has 10 heteroatoms. The molecule has 0 radical (unpaired) electrons. The Labute approximate surface area is 228 Å². The minimum absolute atomic E-state index is 0. The Morgan fingerprint density at radius 3 is 1.06 bits per heavy atom. The van der Waals surface area contributed by atoms with Crippen LogP contribution in [0.3, 0.4) is 0 Å². The van der Waals surface area contributed by atoms with Crippen molar-refractivity contribution in [2.24, 2.45) is 0 Å². The molecule has 17 heavy (non-hydrogen) atoms. The number of likely N-dealkylation sites (N-methyl/N-ethyl adjacent to an activating group) is 1. The maximum Gasteiger partial charge on any atom is 1.00 e. The molecule has 0 unspecified atom stereocenters. The molecule has 84 valence electrons. The van der Waals surface area contributed by atoms with Crippen molar-refractivity contribution in [2.45, 2.75) is 13.8 Å². The van der Waals surface area contributed by atoms with Gasteiger partial charge in [-0.1, -0.05) is 0 Å². The van der Waals surface area contributed by atoms with E-state index in [-0.39, 0.29) is 161 Å². The summed E-state index contributed by atoms with van der Waals surface area (Å²) in [6.45, 7) is 1.87. The van der Waals surface area contributed by atoms with E-state index in [1.54, 1.807) is 7.05 Å². The van der Waals surface area contributed by atoms with E-state index in [0.717, 1.165) is 13.8 Å². The minimum atomic E-state index is -1.08. The van der Waals surface area contributed by atoms with Crippen LogP contribution >= 0.6 is 0 Å². The number of carboxylic acid groups (broad SMARTS) is 3. The molecule has 0 aromatic heterocycles. The fourth-order valence-electron chi connectivity index (χ4n) is 0.144. The Bertz CT molecular complexity index is 170. The SMILES string of the molecule is CC(=O)[O-].CC(=O)[O-].CNCC(=O)[O-].[K+].[K+].[K+]. The molecule has 1 N–H and O–H groups in total. The van der Waals surface area contributed by atoms with E-state index in [2.05, 4.69) is 5.32 Å². The third-order valence-corrected chi connectivity index (χ3v) is 0.321. The third-order valence-electron chi connectivity index (χ3n) is 0.321. The quantitative estimate of drug-likeness (QED) is 0.499. The summed E-state index contributed by atoms with van der Waals surface area (Å²) < 4.78 is 0. The average Bonchev–Trinajstić information content (AvgIpc) is 1.82. The molecule has 0 aromatic carbocycles. The van der Waals surface area contributed by atoms with Crippen LogP contribution in [-0.2, 0) is 14.4 Å². The minimum Gasteiger partial charge on any atom is -0.550 e. The van der Waals surface area contributed by atoms with Crippen molar-refractivity contribution in [2.75, 3.05) is 13.6 Å². The van der Waals surface area contributed by atoms with Crippen molar-refractivity contribution in [3.05, 3.63) is 0 Å². The molecule has 0 spiro atoms. The summed E-state index contributed by atoms with van der Waals surface area (Å²) in [5, 5.41) is 29.6. The number of carbonyl (C=O) groups excluding carboxylic acids is 3. The molecule has 0 aromatic rings. The molecule has 0 rings (SSSR count). The Hall–Kier alpha value is 3.28. The standard InChI is InChI=1S/C3H7NO2.2C2H4O2.3K/c1-4-2-3(5)6;2*1-2(3)4;;;/h4H,2H2,1H3,(H,5,6);2*1H3,(H,3,4);;;/q;;;3*+1/p-3. The summed E-state index contributed by atoms with van der Waals surface area (Å²) in [5.74, 6) is -3.24. The summed E-state index contributed by atoms with van der Waals surface area (Å²) in [4.78, 5) is 27.2. The van der Waals surface area contributed by atoms with Crippen LogP contribution in [0.25, 0.3) is 0 Å². The van der Waals surface area contributed by atoms with E-state index >= 15 is 0 Å². The van der Waals surface area contributed by atoms with Crippen LogP contribution in [0.1, 0.15) is 13.8 Å². The van der Waals surface area contributed by atoms with E-state index < -0.39 is 17.9 Å². The number of carboxylic acids is 3. The molecule has 0 heterocycles. The van der Waals surface area contributed by atoms with Gasteiger partial charge in [0.25, 0.3) is 0 Å². The maximum absolute atomic E-state index is 9.43. The van der Waals surface area contributed by atoms with Gasteiger partial charge in [-0.25, -0.2) is 0 Å². The van der Waals surface area contributed by atoms with Crippen molar-refractivity contribution in [3.8, 4) is 0 Å². The van der Waals surface area contributed by atoms with E-state index in [1.807, 2.05) is 0 Å². The van der Waals surface area contributed by atoms with Crippen LogP contribution in [0.5, 0.6) is 0 Å². The van der Waals surface area contributed by atoms with Crippen LogP contribution in [0.4, 0.5) is 0 Å². The van der Waals surface area contributed by atoms with Gasteiger partial charge in [-0.05, 0) is 20.9 Å². The molecule has 0 saturated heterocycles. The maximum atomic E-state index is 9.43. The zero-order chi connectivity index (χ0) is 12.1. The summed E-state index contributed by atoms with van der Waals surface area (Å²) in [5.41, 5.74) is 0. The first kappa shape index (κ1) is 37.0. The van der Waals surface area contributed by atoms with Crippen LogP contribution in [-0.4, -0.2) is 31.5 Å². The topological polar surface area (TPSA) is 132 Å². The Morgan fingerprint density at radius 2 is 1.06 bits per heavy atom. The number of hydrogen-bond donors (Lipinski definition) is 1. The molecule has 0 aliphatic carbocycles. The van der Waals surface area contributed by atoms with Crippen molar-refractivity contribution in [1.82, 2.24) is 5.32 Å². The van der Waals surface area contributed by atoms with Gasteiger partial charge in [-0.2, -0.15) is 0 Å². The number of aliphatic carboxylic acids is 3. The predicted molar refractivity (Wildman–Crippen MR) is 40.3 cm³/mol. The summed E-state index contributed by atoms with van der Waals surface area (Å²) in [6, 6.07) is 0. The molecule has 0 aliphatic heterocycles. The molecule has 0 amide bonds. The second-order valence-corrected chi connectivity index (χ2v) is 1.89. The van der Waals surface area contributed by atoms with E-state index in [1.165, 1.54) is 0 Å². The van der Waals surface area contributed by atoms with Crippen LogP contribution in [0.2, 0.25) is 0 Å². The average molecular weight is 323 g/mol. The molecule has 0 atom stereocenters. The summed E-state index contributed by atoms with van der Waals surface area (Å²) >= 11 is 0. The zero-order valence-electron chi connectivity index (χ0n) is 11.2. The molecule has 0 fully saturated rings. The second-order valence-electron chi connectivity index (χ2n) is 1.89. The number of nitrogens with one attached hydrogen (secondary N) is 1. The van der Waals surface area contributed by atoms with Crippen molar-refractivity contribution >= 4 is 17.9 Å².